The molecule has 0 atom stereocenters. The van der Waals surface area contributed by atoms with E-state index < -0.39 is 0 Å². The van der Waals surface area contributed by atoms with E-state index in [0.717, 1.165) is 66.0 Å². The Bertz CT molecular complexity index is 1050. The number of ether oxygens (including phenoxy) is 4. The van der Waals surface area contributed by atoms with Crippen LogP contribution in [0.2, 0.25) is 0 Å². The van der Waals surface area contributed by atoms with E-state index in [1.165, 1.54) is 0 Å². The molecule has 35 heavy (non-hydrogen) atoms. The minimum absolute atomic E-state index is 0.104. The fourth-order valence-electron chi connectivity index (χ4n) is 3.81. The topological polar surface area (TPSA) is 66.9 Å². The van der Waals surface area contributed by atoms with Gasteiger partial charge in [-0.1, -0.05) is 31.4 Å². The van der Waals surface area contributed by atoms with Gasteiger partial charge in [0.05, 0.1) is 33.1 Å². The van der Waals surface area contributed by atoms with Gasteiger partial charge in [0.2, 0.25) is 5.88 Å². The Balaban J connectivity index is 1.62. The molecule has 0 radical (unpaired) electrons. The lowest BCUT2D eigenvalue weighted by Crippen LogP contribution is -2.03. The lowest BCUT2D eigenvalue weighted by molar-refractivity contribution is -0.143. The van der Waals surface area contributed by atoms with Crippen molar-refractivity contribution in [3.63, 3.8) is 0 Å². The average molecular weight is 478 g/mol. The highest BCUT2D eigenvalue weighted by molar-refractivity contribution is 5.81. The van der Waals surface area contributed by atoms with Crippen molar-refractivity contribution in [1.82, 2.24) is 4.98 Å². The van der Waals surface area contributed by atoms with Crippen LogP contribution in [-0.2, 0) is 9.53 Å². The number of pyridine rings is 1. The zero-order chi connectivity index (χ0) is 24.9. The van der Waals surface area contributed by atoms with Gasteiger partial charge in [-0.2, -0.15) is 0 Å². The Kier molecular flexibility index (Phi) is 10.4. The largest absolute Gasteiger partial charge is 0.497 e. The van der Waals surface area contributed by atoms with Crippen molar-refractivity contribution in [2.45, 2.75) is 45.4 Å². The Labute approximate surface area is 208 Å². The monoisotopic (exact) mass is 477 g/mol. The van der Waals surface area contributed by atoms with Crippen molar-refractivity contribution in [1.29, 1.82) is 0 Å². The van der Waals surface area contributed by atoms with Crippen LogP contribution < -0.4 is 14.2 Å². The maximum absolute atomic E-state index is 11.4. The van der Waals surface area contributed by atoms with Gasteiger partial charge in [-0.15, -0.1) is 0 Å². The molecule has 2 aromatic carbocycles. The van der Waals surface area contributed by atoms with Crippen LogP contribution in [0.1, 0.15) is 45.4 Å². The molecule has 3 aromatic rings. The van der Waals surface area contributed by atoms with Crippen LogP contribution in [0.25, 0.3) is 22.4 Å². The fraction of sp³-hybridized carbons (Fsp3) is 0.379. The number of nitrogens with zero attached hydrogens (tertiary/aromatic N) is 1. The number of aromatic nitrogens is 1. The van der Waals surface area contributed by atoms with E-state index in [9.17, 15) is 4.79 Å². The summed E-state index contributed by atoms with van der Waals surface area (Å²) < 4.78 is 21.6. The highest BCUT2D eigenvalue weighted by Gasteiger charge is 2.12. The second-order valence-electron chi connectivity index (χ2n) is 8.17. The maximum atomic E-state index is 11.4. The Hall–Kier alpha value is -3.54. The quantitative estimate of drug-likeness (QED) is 0.190. The van der Waals surface area contributed by atoms with Gasteiger partial charge in [-0.05, 0) is 67.8 Å². The summed E-state index contributed by atoms with van der Waals surface area (Å²) in [4.78, 5) is 16.2. The van der Waals surface area contributed by atoms with Crippen molar-refractivity contribution in [2.24, 2.45) is 0 Å². The summed E-state index contributed by atoms with van der Waals surface area (Å²) in [6.45, 7) is 2.89. The first-order valence-corrected chi connectivity index (χ1v) is 12.2. The Morgan fingerprint density at radius 2 is 1.34 bits per heavy atom. The number of carbonyl (C=O) groups excluding carboxylic acids is 1. The van der Waals surface area contributed by atoms with Crippen LogP contribution in [0.4, 0.5) is 0 Å². The molecule has 1 aromatic heterocycles. The molecule has 0 N–H and O–H groups in total. The predicted molar refractivity (Wildman–Crippen MR) is 138 cm³/mol. The number of hydrogen-bond donors (Lipinski definition) is 0. The minimum Gasteiger partial charge on any atom is -0.497 e. The van der Waals surface area contributed by atoms with E-state index in [1.807, 2.05) is 61.5 Å². The summed E-state index contributed by atoms with van der Waals surface area (Å²) in [6, 6.07) is 19.8. The lowest BCUT2D eigenvalue weighted by Gasteiger charge is -2.13. The number of carbonyl (C=O) groups is 1. The van der Waals surface area contributed by atoms with E-state index in [4.69, 9.17) is 23.9 Å². The van der Waals surface area contributed by atoms with Gasteiger partial charge in [0, 0.05) is 23.6 Å². The first-order chi connectivity index (χ1) is 17.1. The molecule has 0 fully saturated rings. The number of methoxy groups -OCH3 is 2. The third-order valence-corrected chi connectivity index (χ3v) is 5.71. The van der Waals surface area contributed by atoms with Gasteiger partial charge in [-0.3, -0.25) is 4.79 Å². The molecule has 0 aliphatic carbocycles. The van der Waals surface area contributed by atoms with Crippen molar-refractivity contribution >= 4 is 5.97 Å². The van der Waals surface area contributed by atoms with Gasteiger partial charge in [-0.25, -0.2) is 4.98 Å². The predicted octanol–water partition coefficient (Wildman–Crippen LogP) is 6.72. The average Bonchev–Trinajstić information content (AvgIpc) is 2.90. The maximum Gasteiger partial charge on any atom is 0.305 e. The molecule has 6 nitrogen and oxygen atoms in total. The van der Waals surface area contributed by atoms with Crippen molar-refractivity contribution in [3.05, 3.63) is 60.7 Å². The molecule has 0 unspecified atom stereocenters. The summed E-state index contributed by atoms with van der Waals surface area (Å²) in [5, 5.41) is 0. The van der Waals surface area contributed by atoms with Crippen LogP contribution in [0.5, 0.6) is 17.4 Å². The molecule has 0 saturated carbocycles. The molecule has 0 aliphatic heterocycles. The number of benzene rings is 2. The summed E-state index contributed by atoms with van der Waals surface area (Å²) in [5.74, 6) is 2.12. The van der Waals surface area contributed by atoms with Crippen LogP contribution in [0.3, 0.4) is 0 Å². The van der Waals surface area contributed by atoms with Gasteiger partial charge in [0.1, 0.15) is 11.5 Å². The van der Waals surface area contributed by atoms with Crippen LogP contribution >= 0.6 is 0 Å². The fourth-order valence-corrected chi connectivity index (χ4v) is 3.81. The smallest absolute Gasteiger partial charge is 0.305 e. The van der Waals surface area contributed by atoms with Crippen LogP contribution in [0.15, 0.2) is 60.7 Å². The molecule has 0 amide bonds. The van der Waals surface area contributed by atoms with Gasteiger partial charge >= 0.3 is 5.97 Å². The molecule has 0 saturated heterocycles. The third-order valence-electron chi connectivity index (χ3n) is 5.71. The third kappa shape index (κ3) is 8.02. The molecule has 0 aliphatic rings. The van der Waals surface area contributed by atoms with Gasteiger partial charge in [0.15, 0.2) is 0 Å². The lowest BCUT2D eigenvalue weighted by atomic mass is 9.99. The van der Waals surface area contributed by atoms with Crippen molar-refractivity contribution < 1.29 is 23.7 Å². The molecular weight excluding hydrogens is 442 g/mol. The van der Waals surface area contributed by atoms with Crippen molar-refractivity contribution in [2.75, 3.05) is 27.4 Å². The van der Waals surface area contributed by atoms with Gasteiger partial charge < -0.3 is 18.9 Å². The normalized spacial score (nSPS) is 10.6. The summed E-state index contributed by atoms with van der Waals surface area (Å²) in [5.41, 5.74) is 3.92. The second-order valence-corrected chi connectivity index (χ2v) is 8.17. The molecular formula is C29H35NO5. The SMILES string of the molecule is CCOC(=O)CCCCCCCOc1ccc(-c2ccc(OC)cc2)c(-c2ccc(OC)cc2)n1. The first kappa shape index (κ1) is 26.1. The van der Waals surface area contributed by atoms with Crippen LogP contribution in [0, 0.1) is 0 Å². The number of hydrogen-bond acceptors (Lipinski definition) is 6. The molecule has 0 spiro atoms. The first-order valence-electron chi connectivity index (χ1n) is 12.2. The van der Waals surface area contributed by atoms with E-state index >= 15 is 0 Å². The number of unbranched alkanes of at least 4 members (excludes halogenated alkanes) is 4. The highest BCUT2D eigenvalue weighted by Crippen LogP contribution is 2.34. The second kappa shape index (κ2) is 14.0. The number of rotatable bonds is 14. The molecule has 6 heteroatoms. The molecule has 1 heterocycles. The Morgan fingerprint density at radius 1 is 0.743 bits per heavy atom. The standard InChI is InChI=1S/C29H35NO5/c1-4-34-28(31)10-8-6-5-7-9-21-35-27-20-19-26(22-11-15-24(32-2)16-12-22)29(30-27)23-13-17-25(33-3)18-14-23/h11-20H,4-10,21H2,1-3H3. The summed E-state index contributed by atoms with van der Waals surface area (Å²) >= 11 is 0. The highest BCUT2D eigenvalue weighted by atomic mass is 16.5. The van der Waals surface area contributed by atoms with Crippen LogP contribution in [-0.4, -0.2) is 38.4 Å². The van der Waals surface area contributed by atoms with Crippen molar-refractivity contribution in [3.8, 4) is 39.8 Å². The van der Waals surface area contributed by atoms with E-state index in [-0.39, 0.29) is 5.97 Å². The molecule has 0 bridgehead atoms. The Morgan fingerprint density at radius 3 is 1.97 bits per heavy atom. The van der Waals surface area contributed by atoms with Gasteiger partial charge in [0.25, 0.3) is 0 Å². The minimum atomic E-state index is -0.104. The van der Waals surface area contributed by atoms with E-state index in [1.54, 1.807) is 14.2 Å². The zero-order valence-electron chi connectivity index (χ0n) is 20.9. The molecule has 186 valence electrons. The zero-order valence-corrected chi connectivity index (χ0v) is 20.9. The summed E-state index contributed by atoms with van der Waals surface area (Å²) in [7, 11) is 3.32. The molecule has 3 rings (SSSR count). The van der Waals surface area contributed by atoms with E-state index in [0.29, 0.717) is 25.5 Å². The van der Waals surface area contributed by atoms with E-state index in [2.05, 4.69) is 6.07 Å². The summed E-state index contributed by atoms with van der Waals surface area (Å²) in [6.07, 6.45) is 5.47. The number of esters is 1.